The minimum Gasteiger partial charge on any atom is -0.309 e. The van der Waals surface area contributed by atoms with Gasteiger partial charge in [-0.05, 0) is 71.6 Å². The molecule has 1 fully saturated rings. The highest BCUT2D eigenvalue weighted by molar-refractivity contribution is 6.20. The molecule has 9 aromatic rings. The van der Waals surface area contributed by atoms with Gasteiger partial charge >= 0.3 is 0 Å². The first-order chi connectivity index (χ1) is 25.3. The number of aromatic nitrogens is 2. The van der Waals surface area contributed by atoms with Crippen LogP contribution in [0.1, 0.15) is 17.5 Å². The molecule has 0 radical (unpaired) electrons. The second-order valence-corrected chi connectivity index (χ2v) is 13.8. The highest BCUT2D eigenvalue weighted by Crippen LogP contribution is 2.59. The number of nitrogens with zero attached hydrogens (tertiary/aromatic N) is 4. The summed E-state index contributed by atoms with van der Waals surface area (Å²) in [5, 5.41) is 4.97. The summed E-state index contributed by atoms with van der Waals surface area (Å²) in [6, 6.07) is 63.2. The SMILES string of the molecule is c1ccc(C2=N[C@@]3(c4ccccc4)CC3C(n3c4ccccc4c4cc(-c5ccc6c(c5)c5ccccc5n6-c5ccccc5)ccc43)=N2)cc1. The molecule has 0 spiro atoms. The van der Waals surface area contributed by atoms with E-state index in [1.807, 2.05) is 6.07 Å². The van der Waals surface area contributed by atoms with Gasteiger partial charge in [0, 0.05) is 38.7 Å². The molecule has 0 amide bonds. The topological polar surface area (TPSA) is 34.6 Å². The molecule has 0 N–H and O–H groups in total. The molecule has 2 atom stereocenters. The van der Waals surface area contributed by atoms with Gasteiger partial charge in [-0.2, -0.15) is 0 Å². The summed E-state index contributed by atoms with van der Waals surface area (Å²) in [5.41, 5.74) is 10.3. The van der Waals surface area contributed by atoms with E-state index < -0.39 is 0 Å². The zero-order chi connectivity index (χ0) is 33.5. The summed E-state index contributed by atoms with van der Waals surface area (Å²) in [4.78, 5) is 10.8. The Hall–Kier alpha value is -6.52. The third kappa shape index (κ3) is 4.20. The summed E-state index contributed by atoms with van der Waals surface area (Å²) in [5.74, 6) is 2.06. The third-order valence-electron chi connectivity index (χ3n) is 11.0. The van der Waals surface area contributed by atoms with Crippen molar-refractivity contribution in [2.75, 3.05) is 0 Å². The molecule has 11 rings (SSSR count). The molecule has 4 heteroatoms. The maximum absolute atomic E-state index is 5.39. The van der Waals surface area contributed by atoms with E-state index in [9.17, 15) is 0 Å². The molecule has 2 aliphatic rings. The van der Waals surface area contributed by atoms with Crippen LogP contribution in [-0.4, -0.2) is 20.8 Å². The van der Waals surface area contributed by atoms with Crippen LogP contribution in [0.5, 0.6) is 0 Å². The van der Waals surface area contributed by atoms with Gasteiger partial charge in [0.05, 0.1) is 27.6 Å². The number of para-hydroxylation sites is 3. The van der Waals surface area contributed by atoms with Crippen molar-refractivity contribution >= 4 is 55.3 Å². The molecular weight excluding hydrogens is 621 g/mol. The van der Waals surface area contributed by atoms with Crippen molar-refractivity contribution in [3.63, 3.8) is 0 Å². The summed E-state index contributed by atoms with van der Waals surface area (Å²) in [6.45, 7) is 0. The molecule has 1 unspecified atom stereocenters. The Morgan fingerprint density at radius 3 is 1.61 bits per heavy atom. The van der Waals surface area contributed by atoms with Crippen molar-refractivity contribution < 1.29 is 0 Å². The first-order valence-electron chi connectivity index (χ1n) is 17.7. The normalized spacial score (nSPS) is 18.2. The first kappa shape index (κ1) is 28.3. The van der Waals surface area contributed by atoms with Crippen LogP contribution in [0.3, 0.4) is 0 Å². The average molecular weight is 653 g/mol. The van der Waals surface area contributed by atoms with Crippen LogP contribution in [0.2, 0.25) is 0 Å². The molecule has 1 aliphatic carbocycles. The largest absolute Gasteiger partial charge is 0.309 e. The van der Waals surface area contributed by atoms with Crippen molar-refractivity contribution in [2.24, 2.45) is 15.9 Å². The van der Waals surface area contributed by atoms with Crippen molar-refractivity contribution in [3.05, 3.63) is 187 Å². The van der Waals surface area contributed by atoms with Crippen LogP contribution in [0.4, 0.5) is 0 Å². The van der Waals surface area contributed by atoms with Crippen LogP contribution in [0.25, 0.3) is 60.4 Å². The minimum absolute atomic E-state index is 0.190. The molecule has 2 aromatic heterocycles. The molecule has 240 valence electrons. The summed E-state index contributed by atoms with van der Waals surface area (Å²) in [7, 11) is 0. The lowest BCUT2D eigenvalue weighted by Crippen LogP contribution is -2.26. The maximum atomic E-state index is 5.39. The van der Waals surface area contributed by atoms with E-state index in [1.165, 1.54) is 66.0 Å². The van der Waals surface area contributed by atoms with Crippen LogP contribution in [0.15, 0.2) is 186 Å². The molecule has 51 heavy (non-hydrogen) atoms. The van der Waals surface area contributed by atoms with Gasteiger partial charge < -0.3 is 4.57 Å². The van der Waals surface area contributed by atoms with Gasteiger partial charge in [0.1, 0.15) is 5.84 Å². The fourth-order valence-corrected chi connectivity index (χ4v) is 8.52. The van der Waals surface area contributed by atoms with E-state index in [2.05, 4.69) is 179 Å². The van der Waals surface area contributed by atoms with Gasteiger partial charge in [-0.25, -0.2) is 4.99 Å². The van der Waals surface area contributed by atoms with E-state index >= 15 is 0 Å². The summed E-state index contributed by atoms with van der Waals surface area (Å²) >= 11 is 0. The Morgan fingerprint density at radius 2 is 0.961 bits per heavy atom. The van der Waals surface area contributed by atoms with E-state index in [1.54, 1.807) is 0 Å². The van der Waals surface area contributed by atoms with E-state index in [4.69, 9.17) is 9.98 Å². The number of aliphatic imine (C=N–C) groups is 2. The number of amidine groups is 1. The standard InChI is InChI=1S/C47H32N4/c1-4-14-31(15-5-1)45-48-46(40-30-47(40,49-45)34-16-6-2-7-17-34)51-42-23-13-11-21-37(42)39-29-33(25-27-44(39)51)32-24-26-43-38(28-32)36-20-10-12-22-41(36)50(43)35-18-8-3-9-19-35/h1-29,40H,30H2/t40?,47-/m1/s1. The van der Waals surface area contributed by atoms with Crippen molar-refractivity contribution in [1.29, 1.82) is 0 Å². The number of rotatable bonds is 4. The lowest BCUT2D eigenvalue weighted by Gasteiger charge is -2.22. The smallest absolute Gasteiger partial charge is 0.157 e. The van der Waals surface area contributed by atoms with Crippen LogP contribution in [0, 0.1) is 5.92 Å². The predicted octanol–water partition coefficient (Wildman–Crippen LogP) is 11.2. The quantitative estimate of drug-likeness (QED) is 0.181. The van der Waals surface area contributed by atoms with E-state index in [0.717, 1.165) is 23.7 Å². The van der Waals surface area contributed by atoms with E-state index in [-0.39, 0.29) is 11.5 Å². The number of benzene rings is 7. The Labute approximate surface area is 295 Å². The lowest BCUT2D eigenvalue weighted by molar-refractivity contribution is 0.695. The summed E-state index contributed by atoms with van der Waals surface area (Å²) < 4.78 is 4.79. The van der Waals surface area contributed by atoms with Gasteiger partial charge in [0.2, 0.25) is 0 Å². The Morgan fingerprint density at radius 1 is 0.451 bits per heavy atom. The van der Waals surface area contributed by atoms with Crippen molar-refractivity contribution in [2.45, 2.75) is 12.0 Å². The van der Waals surface area contributed by atoms with Crippen molar-refractivity contribution in [3.8, 4) is 16.8 Å². The molecule has 3 heterocycles. The Bertz CT molecular complexity index is 2880. The van der Waals surface area contributed by atoms with Gasteiger partial charge in [-0.15, -0.1) is 0 Å². The number of hydrogen-bond acceptors (Lipinski definition) is 2. The first-order valence-corrected chi connectivity index (χ1v) is 17.7. The van der Waals surface area contributed by atoms with Gasteiger partial charge in [-0.1, -0.05) is 127 Å². The lowest BCUT2D eigenvalue weighted by atomic mass is 10.00. The predicted molar refractivity (Wildman–Crippen MR) is 211 cm³/mol. The summed E-state index contributed by atoms with van der Waals surface area (Å²) in [6.07, 6.45) is 0.939. The molecule has 4 nitrogen and oxygen atoms in total. The zero-order valence-electron chi connectivity index (χ0n) is 27.8. The molecular formula is C47H32N4. The zero-order valence-corrected chi connectivity index (χ0v) is 27.8. The van der Waals surface area contributed by atoms with Crippen LogP contribution in [-0.2, 0) is 5.54 Å². The monoisotopic (exact) mass is 652 g/mol. The molecule has 1 aliphatic heterocycles. The highest BCUT2D eigenvalue weighted by atomic mass is 15.2. The number of hydrogen-bond donors (Lipinski definition) is 0. The fraction of sp³-hybridized carbons (Fsp3) is 0.0638. The number of fused-ring (bicyclic) bond motifs is 7. The highest BCUT2D eigenvalue weighted by Gasteiger charge is 2.61. The Balaban J connectivity index is 1.09. The van der Waals surface area contributed by atoms with Crippen LogP contribution < -0.4 is 0 Å². The van der Waals surface area contributed by atoms with Gasteiger partial charge in [0.15, 0.2) is 5.84 Å². The third-order valence-corrected chi connectivity index (χ3v) is 11.0. The minimum atomic E-state index is -0.310. The van der Waals surface area contributed by atoms with Gasteiger partial charge in [0.25, 0.3) is 0 Å². The second kappa shape index (κ2) is 10.7. The van der Waals surface area contributed by atoms with Gasteiger partial charge in [-0.3, -0.25) is 9.56 Å². The molecule has 0 bridgehead atoms. The average Bonchev–Trinajstić information content (AvgIpc) is 3.76. The second-order valence-electron chi connectivity index (χ2n) is 13.8. The molecule has 7 aromatic carbocycles. The maximum Gasteiger partial charge on any atom is 0.157 e. The van der Waals surface area contributed by atoms with Crippen LogP contribution >= 0.6 is 0 Å². The van der Waals surface area contributed by atoms with E-state index in [0.29, 0.717) is 0 Å². The molecule has 1 saturated carbocycles. The Kier molecular flexibility index (Phi) is 5.97. The molecule has 0 saturated heterocycles. The van der Waals surface area contributed by atoms with Crippen molar-refractivity contribution in [1.82, 2.24) is 9.13 Å². The fourth-order valence-electron chi connectivity index (χ4n) is 8.52.